The molecular formula is C12H19NO. The van der Waals surface area contributed by atoms with E-state index in [9.17, 15) is 4.79 Å². The lowest BCUT2D eigenvalue weighted by Crippen LogP contribution is -2.37. The average Bonchev–Trinajstić information content (AvgIpc) is 2.26. The van der Waals surface area contributed by atoms with Crippen molar-refractivity contribution in [1.82, 2.24) is 4.90 Å². The Balaban J connectivity index is 2.34. The average molecular weight is 193 g/mol. The molecule has 1 aliphatic heterocycles. The number of carbonyl (C=O) groups excluding carboxylic acids is 1. The number of likely N-dealkylation sites (tertiary alicyclic amines) is 1. The van der Waals surface area contributed by atoms with E-state index in [4.69, 9.17) is 0 Å². The summed E-state index contributed by atoms with van der Waals surface area (Å²) in [5.74, 6) is 7.19. The molecule has 1 amide bonds. The first-order chi connectivity index (χ1) is 6.77. The van der Waals surface area contributed by atoms with Gasteiger partial charge in [0.25, 0.3) is 0 Å². The minimum atomic E-state index is 0.284. The van der Waals surface area contributed by atoms with Crippen LogP contribution in [0.25, 0.3) is 0 Å². The third kappa shape index (κ3) is 3.06. The van der Waals surface area contributed by atoms with Crippen molar-refractivity contribution in [2.75, 3.05) is 13.1 Å². The number of carbonyl (C=O) groups is 1. The summed E-state index contributed by atoms with van der Waals surface area (Å²) in [4.78, 5) is 13.3. The van der Waals surface area contributed by atoms with Crippen molar-refractivity contribution in [2.24, 2.45) is 5.92 Å². The van der Waals surface area contributed by atoms with E-state index < -0.39 is 0 Å². The first kappa shape index (κ1) is 11.1. The monoisotopic (exact) mass is 193 g/mol. The van der Waals surface area contributed by atoms with E-state index in [2.05, 4.69) is 18.8 Å². The first-order valence-electron chi connectivity index (χ1n) is 5.54. The zero-order valence-electron chi connectivity index (χ0n) is 9.18. The van der Waals surface area contributed by atoms with Crippen LogP contribution in [0.15, 0.2) is 0 Å². The lowest BCUT2D eigenvalue weighted by atomic mass is 9.97. The fourth-order valence-electron chi connectivity index (χ4n) is 1.74. The van der Waals surface area contributed by atoms with Gasteiger partial charge in [-0.25, -0.2) is 0 Å². The van der Waals surface area contributed by atoms with Crippen LogP contribution < -0.4 is 0 Å². The van der Waals surface area contributed by atoms with Gasteiger partial charge < -0.3 is 4.90 Å². The maximum atomic E-state index is 11.4. The molecule has 1 heterocycles. The van der Waals surface area contributed by atoms with Crippen LogP contribution in [-0.2, 0) is 4.79 Å². The van der Waals surface area contributed by atoms with Crippen LogP contribution in [-0.4, -0.2) is 23.9 Å². The van der Waals surface area contributed by atoms with E-state index in [1.807, 2.05) is 11.8 Å². The Morgan fingerprint density at radius 2 is 2.00 bits per heavy atom. The SMILES string of the molecule is CCC#CC1CCN(C(=O)CC)CC1. The molecular weight excluding hydrogens is 174 g/mol. The Bertz CT molecular complexity index is 241. The van der Waals surface area contributed by atoms with Gasteiger partial charge in [-0.1, -0.05) is 19.8 Å². The standard InChI is InChI=1S/C12H19NO/c1-3-5-6-11-7-9-13(10-8-11)12(14)4-2/h11H,3-4,7-10H2,1-2H3. The van der Waals surface area contributed by atoms with Crippen molar-refractivity contribution in [1.29, 1.82) is 0 Å². The van der Waals surface area contributed by atoms with Crippen molar-refractivity contribution in [3.63, 3.8) is 0 Å². The zero-order valence-corrected chi connectivity index (χ0v) is 9.18. The minimum absolute atomic E-state index is 0.284. The molecule has 0 saturated carbocycles. The van der Waals surface area contributed by atoms with Crippen molar-refractivity contribution >= 4 is 5.91 Å². The van der Waals surface area contributed by atoms with E-state index in [0.29, 0.717) is 12.3 Å². The molecule has 0 N–H and O–H groups in total. The summed E-state index contributed by atoms with van der Waals surface area (Å²) in [6.07, 6.45) is 3.68. The first-order valence-corrected chi connectivity index (χ1v) is 5.54. The summed E-state index contributed by atoms with van der Waals surface area (Å²) in [6.45, 7) is 5.79. The van der Waals surface area contributed by atoms with Crippen LogP contribution in [0.2, 0.25) is 0 Å². The van der Waals surface area contributed by atoms with E-state index >= 15 is 0 Å². The minimum Gasteiger partial charge on any atom is -0.343 e. The molecule has 0 spiro atoms. The predicted molar refractivity (Wildman–Crippen MR) is 57.7 cm³/mol. The van der Waals surface area contributed by atoms with E-state index in [1.54, 1.807) is 0 Å². The largest absolute Gasteiger partial charge is 0.343 e. The van der Waals surface area contributed by atoms with Crippen LogP contribution in [0.1, 0.15) is 39.5 Å². The number of amides is 1. The number of hydrogen-bond donors (Lipinski definition) is 0. The Labute approximate surface area is 86.7 Å². The van der Waals surface area contributed by atoms with Gasteiger partial charge in [0.1, 0.15) is 0 Å². The van der Waals surface area contributed by atoms with Crippen molar-refractivity contribution < 1.29 is 4.79 Å². The zero-order chi connectivity index (χ0) is 10.4. The Kier molecular flexibility index (Phi) is 4.52. The van der Waals surface area contributed by atoms with Gasteiger partial charge in [-0.05, 0) is 12.8 Å². The van der Waals surface area contributed by atoms with Crippen molar-refractivity contribution in [2.45, 2.75) is 39.5 Å². The maximum absolute atomic E-state index is 11.4. The molecule has 0 aromatic rings. The van der Waals surface area contributed by atoms with E-state index in [1.165, 1.54) is 0 Å². The lowest BCUT2D eigenvalue weighted by Gasteiger charge is -2.29. The summed E-state index contributed by atoms with van der Waals surface area (Å²) in [6, 6.07) is 0. The quantitative estimate of drug-likeness (QED) is 0.584. The highest BCUT2D eigenvalue weighted by Crippen LogP contribution is 2.16. The van der Waals surface area contributed by atoms with Gasteiger partial charge in [-0.3, -0.25) is 4.79 Å². The highest BCUT2D eigenvalue weighted by molar-refractivity contribution is 5.75. The number of nitrogens with zero attached hydrogens (tertiary/aromatic N) is 1. The second kappa shape index (κ2) is 5.70. The second-order valence-electron chi connectivity index (χ2n) is 3.68. The molecule has 0 unspecified atom stereocenters. The molecule has 0 atom stereocenters. The summed E-state index contributed by atoms with van der Waals surface area (Å²) in [5, 5.41) is 0. The third-order valence-corrected chi connectivity index (χ3v) is 2.63. The number of piperidine rings is 1. The molecule has 2 nitrogen and oxygen atoms in total. The fraction of sp³-hybridized carbons (Fsp3) is 0.750. The molecule has 1 saturated heterocycles. The second-order valence-corrected chi connectivity index (χ2v) is 3.68. The van der Waals surface area contributed by atoms with Crippen molar-refractivity contribution in [3.8, 4) is 11.8 Å². The van der Waals surface area contributed by atoms with Gasteiger partial charge in [0.2, 0.25) is 5.91 Å². The molecule has 0 radical (unpaired) electrons. The van der Waals surface area contributed by atoms with Gasteiger partial charge in [0.05, 0.1) is 0 Å². The lowest BCUT2D eigenvalue weighted by molar-refractivity contribution is -0.131. The Morgan fingerprint density at radius 3 is 2.50 bits per heavy atom. The van der Waals surface area contributed by atoms with Crippen LogP contribution in [0, 0.1) is 17.8 Å². The smallest absolute Gasteiger partial charge is 0.222 e. The predicted octanol–water partition coefficient (Wildman–Crippen LogP) is 2.05. The molecule has 1 fully saturated rings. The third-order valence-electron chi connectivity index (χ3n) is 2.63. The molecule has 1 rings (SSSR count). The van der Waals surface area contributed by atoms with Crippen molar-refractivity contribution in [3.05, 3.63) is 0 Å². The highest BCUT2D eigenvalue weighted by Gasteiger charge is 2.19. The number of rotatable bonds is 1. The topological polar surface area (TPSA) is 20.3 Å². The molecule has 78 valence electrons. The maximum Gasteiger partial charge on any atom is 0.222 e. The summed E-state index contributed by atoms with van der Waals surface area (Å²) in [5.41, 5.74) is 0. The van der Waals surface area contributed by atoms with E-state index in [-0.39, 0.29) is 5.91 Å². The van der Waals surface area contributed by atoms with Crippen LogP contribution in [0.3, 0.4) is 0 Å². The molecule has 0 aromatic carbocycles. The summed E-state index contributed by atoms with van der Waals surface area (Å²) in [7, 11) is 0. The van der Waals surface area contributed by atoms with E-state index in [0.717, 1.165) is 32.4 Å². The van der Waals surface area contributed by atoms with Crippen LogP contribution in [0.4, 0.5) is 0 Å². The molecule has 0 aliphatic carbocycles. The summed E-state index contributed by atoms with van der Waals surface area (Å²) < 4.78 is 0. The van der Waals surface area contributed by atoms with Gasteiger partial charge in [0.15, 0.2) is 0 Å². The normalized spacial score (nSPS) is 17.4. The number of hydrogen-bond acceptors (Lipinski definition) is 1. The van der Waals surface area contributed by atoms with Crippen LogP contribution in [0.5, 0.6) is 0 Å². The fourth-order valence-corrected chi connectivity index (χ4v) is 1.74. The van der Waals surface area contributed by atoms with Gasteiger partial charge >= 0.3 is 0 Å². The van der Waals surface area contributed by atoms with Gasteiger partial charge in [-0.2, -0.15) is 0 Å². The molecule has 14 heavy (non-hydrogen) atoms. The molecule has 0 bridgehead atoms. The van der Waals surface area contributed by atoms with Gasteiger partial charge in [0, 0.05) is 31.8 Å². The van der Waals surface area contributed by atoms with Gasteiger partial charge in [-0.15, -0.1) is 5.92 Å². The Hall–Kier alpha value is -0.970. The molecule has 1 aliphatic rings. The summed E-state index contributed by atoms with van der Waals surface area (Å²) >= 11 is 0. The van der Waals surface area contributed by atoms with Crippen LogP contribution >= 0.6 is 0 Å². The Morgan fingerprint density at radius 1 is 1.36 bits per heavy atom. The molecule has 0 aromatic heterocycles. The highest BCUT2D eigenvalue weighted by atomic mass is 16.2. The molecule has 2 heteroatoms.